The van der Waals surface area contributed by atoms with Crippen LogP contribution in [0.2, 0.25) is 5.02 Å². The fraction of sp³-hybridized carbons (Fsp3) is 0.385. The fourth-order valence-corrected chi connectivity index (χ4v) is 1.92. The number of benzene rings is 1. The summed E-state index contributed by atoms with van der Waals surface area (Å²) in [6.07, 6.45) is 0. The first-order chi connectivity index (χ1) is 9.32. The summed E-state index contributed by atoms with van der Waals surface area (Å²) in [5.41, 5.74) is 6.22. The summed E-state index contributed by atoms with van der Waals surface area (Å²) >= 11 is 9.19. The zero-order valence-electron chi connectivity index (χ0n) is 11.2. The van der Waals surface area contributed by atoms with Gasteiger partial charge in [-0.05, 0) is 34.0 Å². The normalized spacial score (nSPS) is 12.1. The van der Waals surface area contributed by atoms with Gasteiger partial charge >= 0.3 is 0 Å². The third kappa shape index (κ3) is 4.77. The van der Waals surface area contributed by atoms with Crippen LogP contribution in [0.3, 0.4) is 0 Å². The standard InChI is InChI=1S/C13H17BrClN3O2/c1-7(2)12(16)13(20)17-6-10(19)18-9-5-3-4-8(15)11(9)14/h3-5,7,12H,6,16H2,1-2H3,(H,17,20)(H,18,19)/t12-/m0/s1. The van der Waals surface area contributed by atoms with E-state index in [1.54, 1.807) is 18.2 Å². The van der Waals surface area contributed by atoms with Gasteiger partial charge in [0, 0.05) is 0 Å². The van der Waals surface area contributed by atoms with Gasteiger partial charge in [0.1, 0.15) is 0 Å². The van der Waals surface area contributed by atoms with Crippen LogP contribution in [-0.4, -0.2) is 24.4 Å². The maximum Gasteiger partial charge on any atom is 0.243 e. The Balaban J connectivity index is 2.53. The third-order valence-electron chi connectivity index (χ3n) is 2.67. The quantitative estimate of drug-likeness (QED) is 0.750. The Labute approximate surface area is 131 Å². The van der Waals surface area contributed by atoms with Crippen molar-refractivity contribution in [3.63, 3.8) is 0 Å². The van der Waals surface area contributed by atoms with E-state index in [-0.39, 0.29) is 24.3 Å². The van der Waals surface area contributed by atoms with Crippen molar-refractivity contribution in [3.8, 4) is 0 Å². The predicted molar refractivity (Wildman–Crippen MR) is 83.6 cm³/mol. The van der Waals surface area contributed by atoms with Crippen molar-refractivity contribution < 1.29 is 9.59 Å². The molecule has 4 N–H and O–H groups in total. The van der Waals surface area contributed by atoms with Crippen LogP contribution in [0.25, 0.3) is 0 Å². The molecule has 1 rings (SSSR count). The molecule has 1 aromatic carbocycles. The van der Waals surface area contributed by atoms with Gasteiger partial charge in [0.2, 0.25) is 11.8 Å². The van der Waals surface area contributed by atoms with Crippen LogP contribution >= 0.6 is 27.5 Å². The molecule has 110 valence electrons. The largest absolute Gasteiger partial charge is 0.346 e. The lowest BCUT2D eigenvalue weighted by Crippen LogP contribution is -2.46. The molecule has 0 aliphatic carbocycles. The van der Waals surface area contributed by atoms with Crippen LogP contribution < -0.4 is 16.4 Å². The van der Waals surface area contributed by atoms with Gasteiger partial charge in [-0.3, -0.25) is 9.59 Å². The molecule has 0 aromatic heterocycles. The van der Waals surface area contributed by atoms with Gasteiger partial charge < -0.3 is 16.4 Å². The molecule has 0 saturated carbocycles. The molecule has 20 heavy (non-hydrogen) atoms. The van der Waals surface area contributed by atoms with Gasteiger partial charge in [-0.1, -0.05) is 31.5 Å². The molecule has 1 atom stereocenters. The van der Waals surface area contributed by atoms with E-state index < -0.39 is 6.04 Å². The number of carbonyl (C=O) groups excluding carboxylic acids is 2. The number of nitrogens with two attached hydrogens (primary N) is 1. The maximum absolute atomic E-state index is 11.7. The third-order valence-corrected chi connectivity index (χ3v) is 4.07. The highest BCUT2D eigenvalue weighted by Gasteiger charge is 2.17. The van der Waals surface area contributed by atoms with Gasteiger partial charge in [0.25, 0.3) is 0 Å². The molecule has 2 amide bonds. The topological polar surface area (TPSA) is 84.2 Å². The lowest BCUT2D eigenvalue weighted by atomic mass is 10.1. The zero-order chi connectivity index (χ0) is 15.3. The van der Waals surface area contributed by atoms with Crippen molar-refractivity contribution in [2.24, 2.45) is 11.7 Å². The van der Waals surface area contributed by atoms with E-state index in [1.165, 1.54) is 0 Å². The van der Waals surface area contributed by atoms with Crippen molar-refractivity contribution >= 4 is 45.0 Å². The molecule has 0 spiro atoms. The summed E-state index contributed by atoms with van der Waals surface area (Å²) in [6.45, 7) is 3.54. The number of rotatable bonds is 5. The molecule has 0 bridgehead atoms. The number of halogens is 2. The number of anilines is 1. The predicted octanol–water partition coefficient (Wildman–Crippen LogP) is 2.14. The van der Waals surface area contributed by atoms with E-state index in [4.69, 9.17) is 17.3 Å². The molecular formula is C13H17BrClN3O2. The Bertz CT molecular complexity index is 508. The Morgan fingerprint density at radius 3 is 2.65 bits per heavy atom. The molecule has 0 saturated heterocycles. The van der Waals surface area contributed by atoms with Crippen LogP contribution in [0.5, 0.6) is 0 Å². The van der Waals surface area contributed by atoms with Crippen molar-refractivity contribution in [1.82, 2.24) is 5.32 Å². The van der Waals surface area contributed by atoms with E-state index in [2.05, 4.69) is 26.6 Å². The zero-order valence-corrected chi connectivity index (χ0v) is 13.6. The Kier molecular flexibility index (Phi) is 6.45. The second-order valence-corrected chi connectivity index (χ2v) is 5.84. The number of nitrogens with one attached hydrogen (secondary N) is 2. The Morgan fingerprint density at radius 1 is 1.40 bits per heavy atom. The van der Waals surface area contributed by atoms with Crippen molar-refractivity contribution in [3.05, 3.63) is 27.7 Å². The van der Waals surface area contributed by atoms with E-state index >= 15 is 0 Å². The Hall–Kier alpha value is -1.11. The number of amides is 2. The summed E-state index contributed by atoms with van der Waals surface area (Å²) < 4.78 is 0.597. The molecule has 1 aromatic rings. The minimum atomic E-state index is -0.624. The number of hydrogen-bond donors (Lipinski definition) is 3. The van der Waals surface area contributed by atoms with Gasteiger partial charge in [-0.25, -0.2) is 0 Å². The highest BCUT2D eigenvalue weighted by molar-refractivity contribution is 9.10. The smallest absolute Gasteiger partial charge is 0.243 e. The molecule has 0 radical (unpaired) electrons. The average Bonchev–Trinajstić information content (AvgIpc) is 2.40. The molecule has 0 fully saturated rings. The molecule has 0 aliphatic heterocycles. The van der Waals surface area contributed by atoms with Crippen LogP contribution in [0.4, 0.5) is 5.69 Å². The minimum Gasteiger partial charge on any atom is -0.346 e. The first-order valence-corrected chi connectivity index (χ1v) is 7.27. The van der Waals surface area contributed by atoms with E-state index in [0.717, 1.165) is 0 Å². The first kappa shape index (κ1) is 16.9. The summed E-state index contributed by atoms with van der Waals surface area (Å²) in [6, 6.07) is 4.50. The average molecular weight is 363 g/mol. The van der Waals surface area contributed by atoms with Crippen LogP contribution in [0.15, 0.2) is 22.7 Å². The molecular weight excluding hydrogens is 346 g/mol. The van der Waals surface area contributed by atoms with E-state index in [1.807, 2.05) is 13.8 Å². The number of carbonyl (C=O) groups is 2. The van der Waals surface area contributed by atoms with Gasteiger partial charge in [0.05, 0.1) is 27.8 Å². The highest BCUT2D eigenvalue weighted by Crippen LogP contribution is 2.29. The summed E-state index contributed by atoms with van der Waals surface area (Å²) in [5.74, 6) is -0.683. The van der Waals surface area contributed by atoms with Crippen molar-refractivity contribution in [2.45, 2.75) is 19.9 Å². The van der Waals surface area contributed by atoms with Gasteiger partial charge in [-0.2, -0.15) is 0 Å². The molecule has 0 aliphatic rings. The summed E-state index contributed by atoms with van der Waals surface area (Å²) in [5, 5.41) is 5.64. The van der Waals surface area contributed by atoms with Gasteiger partial charge in [0.15, 0.2) is 0 Å². The highest BCUT2D eigenvalue weighted by atomic mass is 79.9. The molecule has 5 nitrogen and oxygen atoms in total. The first-order valence-electron chi connectivity index (χ1n) is 6.10. The minimum absolute atomic E-state index is 0.0140. The SMILES string of the molecule is CC(C)[C@H](N)C(=O)NCC(=O)Nc1cccc(Cl)c1Br. The lowest BCUT2D eigenvalue weighted by molar-refractivity contribution is -0.125. The van der Waals surface area contributed by atoms with Crippen molar-refractivity contribution in [1.29, 1.82) is 0 Å². The van der Waals surface area contributed by atoms with E-state index in [0.29, 0.717) is 15.2 Å². The van der Waals surface area contributed by atoms with Crippen LogP contribution in [0, 0.1) is 5.92 Å². The summed E-state index contributed by atoms with van der Waals surface area (Å²) in [7, 11) is 0. The lowest BCUT2D eigenvalue weighted by Gasteiger charge is -2.15. The monoisotopic (exact) mass is 361 g/mol. The second-order valence-electron chi connectivity index (χ2n) is 4.64. The molecule has 7 heteroatoms. The second kappa shape index (κ2) is 7.61. The molecule has 0 unspecified atom stereocenters. The van der Waals surface area contributed by atoms with Crippen molar-refractivity contribution in [2.75, 3.05) is 11.9 Å². The fourth-order valence-electron chi connectivity index (χ4n) is 1.38. The number of hydrogen-bond acceptors (Lipinski definition) is 3. The Morgan fingerprint density at radius 2 is 2.05 bits per heavy atom. The van der Waals surface area contributed by atoms with Crippen LogP contribution in [-0.2, 0) is 9.59 Å². The van der Waals surface area contributed by atoms with E-state index in [9.17, 15) is 9.59 Å². The van der Waals surface area contributed by atoms with Gasteiger partial charge in [-0.15, -0.1) is 0 Å². The molecule has 0 heterocycles. The summed E-state index contributed by atoms with van der Waals surface area (Å²) in [4.78, 5) is 23.4. The van der Waals surface area contributed by atoms with Crippen LogP contribution in [0.1, 0.15) is 13.8 Å². The maximum atomic E-state index is 11.7.